The van der Waals surface area contributed by atoms with E-state index in [-0.39, 0.29) is 6.04 Å². The third-order valence-corrected chi connectivity index (χ3v) is 2.36. The highest BCUT2D eigenvalue weighted by Gasteiger charge is 2.16. The number of nitrogens with one attached hydrogen (secondary N) is 1. The zero-order valence-electron chi connectivity index (χ0n) is 10.2. The maximum absolute atomic E-state index is 9.60. The van der Waals surface area contributed by atoms with E-state index < -0.39 is 5.60 Å². The topological polar surface area (TPSA) is 50.1 Å². The van der Waals surface area contributed by atoms with Crippen molar-refractivity contribution in [1.82, 2.24) is 15.1 Å². The van der Waals surface area contributed by atoms with Crippen molar-refractivity contribution in [1.29, 1.82) is 0 Å². The second-order valence-corrected chi connectivity index (χ2v) is 4.76. The summed E-state index contributed by atoms with van der Waals surface area (Å²) in [5.74, 6) is 0. The molecule has 0 radical (unpaired) electrons. The fourth-order valence-corrected chi connectivity index (χ4v) is 1.56. The third-order valence-electron chi connectivity index (χ3n) is 2.36. The molecule has 0 bridgehead atoms. The minimum atomic E-state index is -0.676. The maximum Gasteiger partial charge on any atom is 0.0715 e. The van der Waals surface area contributed by atoms with Gasteiger partial charge in [-0.1, -0.05) is 0 Å². The summed E-state index contributed by atoms with van der Waals surface area (Å²) < 4.78 is 1.81. The molecule has 0 aliphatic carbocycles. The van der Waals surface area contributed by atoms with Crippen molar-refractivity contribution >= 4 is 0 Å². The zero-order chi connectivity index (χ0) is 11.6. The van der Waals surface area contributed by atoms with E-state index in [1.807, 2.05) is 24.9 Å². The van der Waals surface area contributed by atoms with Crippen molar-refractivity contribution in [2.45, 2.75) is 39.3 Å². The first kappa shape index (κ1) is 12.2. The Morgan fingerprint density at radius 2 is 2.20 bits per heavy atom. The molecule has 4 heteroatoms. The molecule has 1 rings (SSSR count). The molecule has 4 nitrogen and oxygen atoms in total. The summed E-state index contributed by atoms with van der Waals surface area (Å²) in [6.07, 6.45) is 2.01. The molecule has 0 saturated carbocycles. The van der Waals surface area contributed by atoms with Crippen LogP contribution in [0.2, 0.25) is 0 Å². The van der Waals surface area contributed by atoms with Crippen LogP contribution in [0, 0.1) is 6.92 Å². The first-order chi connectivity index (χ1) is 6.79. The summed E-state index contributed by atoms with van der Waals surface area (Å²) >= 11 is 0. The van der Waals surface area contributed by atoms with Crippen molar-refractivity contribution in [2.75, 3.05) is 6.54 Å². The van der Waals surface area contributed by atoms with Crippen LogP contribution in [0.15, 0.2) is 6.20 Å². The van der Waals surface area contributed by atoms with Crippen LogP contribution in [-0.2, 0) is 7.05 Å². The minimum Gasteiger partial charge on any atom is -0.389 e. The second-order valence-electron chi connectivity index (χ2n) is 4.76. The Labute approximate surface area is 91.3 Å². The monoisotopic (exact) mass is 211 g/mol. The lowest BCUT2D eigenvalue weighted by molar-refractivity contribution is 0.0770. The molecule has 15 heavy (non-hydrogen) atoms. The number of rotatable bonds is 4. The molecular formula is C11H21N3O. The van der Waals surface area contributed by atoms with Crippen LogP contribution in [0.4, 0.5) is 0 Å². The van der Waals surface area contributed by atoms with Crippen LogP contribution < -0.4 is 5.32 Å². The Kier molecular flexibility index (Phi) is 3.52. The lowest BCUT2D eigenvalue weighted by Gasteiger charge is -2.21. The van der Waals surface area contributed by atoms with E-state index in [1.165, 1.54) is 5.56 Å². The van der Waals surface area contributed by atoms with Crippen molar-refractivity contribution < 1.29 is 5.11 Å². The number of aromatic nitrogens is 2. The summed E-state index contributed by atoms with van der Waals surface area (Å²) in [6.45, 7) is 8.24. The lowest BCUT2D eigenvalue weighted by atomic mass is 10.1. The summed E-state index contributed by atoms with van der Waals surface area (Å²) in [6, 6.07) is 0.213. The highest BCUT2D eigenvalue weighted by Crippen LogP contribution is 2.15. The normalized spacial score (nSPS) is 14.3. The quantitative estimate of drug-likeness (QED) is 0.785. The van der Waals surface area contributed by atoms with Gasteiger partial charge in [0.15, 0.2) is 0 Å². The SMILES string of the molecule is Cc1nn(C)cc1C(C)NCC(C)(C)O. The summed E-state index contributed by atoms with van der Waals surface area (Å²) in [4.78, 5) is 0. The van der Waals surface area contributed by atoms with Gasteiger partial charge in [0, 0.05) is 31.4 Å². The summed E-state index contributed by atoms with van der Waals surface area (Å²) in [5.41, 5.74) is 1.54. The van der Waals surface area contributed by atoms with Crippen molar-refractivity contribution in [3.05, 3.63) is 17.5 Å². The summed E-state index contributed by atoms with van der Waals surface area (Å²) in [5, 5.41) is 17.2. The second kappa shape index (κ2) is 4.33. The molecule has 0 amide bonds. The first-order valence-electron chi connectivity index (χ1n) is 5.25. The van der Waals surface area contributed by atoms with E-state index in [9.17, 15) is 5.11 Å². The Hall–Kier alpha value is -0.870. The number of nitrogens with zero attached hydrogens (tertiary/aromatic N) is 2. The average molecular weight is 211 g/mol. The van der Waals surface area contributed by atoms with E-state index in [0.29, 0.717) is 6.54 Å². The lowest BCUT2D eigenvalue weighted by Crippen LogP contribution is -2.36. The summed E-state index contributed by atoms with van der Waals surface area (Å²) in [7, 11) is 1.92. The van der Waals surface area contributed by atoms with Gasteiger partial charge in [-0.05, 0) is 27.7 Å². The minimum absolute atomic E-state index is 0.213. The van der Waals surface area contributed by atoms with Gasteiger partial charge in [0.05, 0.1) is 11.3 Å². The standard InChI is InChI=1S/C11H21N3O/c1-8(12-7-11(3,4)15)10-6-14(5)13-9(10)2/h6,8,12,15H,7H2,1-5H3. The third kappa shape index (κ3) is 3.64. The molecule has 2 N–H and O–H groups in total. The van der Waals surface area contributed by atoms with Crippen LogP contribution >= 0.6 is 0 Å². The highest BCUT2D eigenvalue weighted by atomic mass is 16.3. The van der Waals surface area contributed by atoms with Gasteiger partial charge in [-0.3, -0.25) is 4.68 Å². The fraction of sp³-hybridized carbons (Fsp3) is 0.727. The van der Waals surface area contributed by atoms with Gasteiger partial charge in [0.25, 0.3) is 0 Å². The van der Waals surface area contributed by atoms with Gasteiger partial charge in [-0.25, -0.2) is 0 Å². The largest absolute Gasteiger partial charge is 0.389 e. The predicted molar refractivity (Wildman–Crippen MR) is 60.7 cm³/mol. The number of hydrogen-bond acceptors (Lipinski definition) is 3. The van der Waals surface area contributed by atoms with Crippen LogP contribution in [0.1, 0.15) is 38.1 Å². The molecule has 86 valence electrons. The molecule has 0 saturated heterocycles. The van der Waals surface area contributed by atoms with Crippen LogP contribution in [0.3, 0.4) is 0 Å². The van der Waals surface area contributed by atoms with Crippen LogP contribution in [0.25, 0.3) is 0 Å². The number of hydrogen-bond donors (Lipinski definition) is 2. The number of aryl methyl sites for hydroxylation is 2. The maximum atomic E-state index is 9.60. The Balaban J connectivity index is 2.61. The number of aliphatic hydroxyl groups is 1. The highest BCUT2D eigenvalue weighted by molar-refractivity contribution is 5.19. The molecular weight excluding hydrogens is 190 g/mol. The van der Waals surface area contributed by atoms with E-state index in [4.69, 9.17) is 0 Å². The van der Waals surface area contributed by atoms with Crippen molar-refractivity contribution in [3.8, 4) is 0 Å². The van der Waals surface area contributed by atoms with Gasteiger partial charge in [-0.15, -0.1) is 0 Å². The van der Waals surface area contributed by atoms with Crippen molar-refractivity contribution in [3.63, 3.8) is 0 Å². The molecule has 0 aliphatic rings. The molecule has 0 aromatic carbocycles. The van der Waals surface area contributed by atoms with Gasteiger partial charge in [-0.2, -0.15) is 5.10 Å². The average Bonchev–Trinajstić information content (AvgIpc) is 2.40. The molecule has 1 atom stereocenters. The molecule has 0 fully saturated rings. The molecule has 0 aliphatic heterocycles. The Bertz CT molecular complexity index is 325. The zero-order valence-corrected chi connectivity index (χ0v) is 10.2. The molecule has 1 heterocycles. The van der Waals surface area contributed by atoms with Crippen molar-refractivity contribution in [2.24, 2.45) is 7.05 Å². The van der Waals surface area contributed by atoms with Crippen LogP contribution in [-0.4, -0.2) is 27.0 Å². The van der Waals surface area contributed by atoms with E-state index >= 15 is 0 Å². The van der Waals surface area contributed by atoms with E-state index in [0.717, 1.165) is 5.69 Å². The molecule has 1 aromatic heterocycles. The van der Waals surface area contributed by atoms with Crippen LogP contribution in [0.5, 0.6) is 0 Å². The Morgan fingerprint density at radius 1 is 1.60 bits per heavy atom. The molecule has 0 spiro atoms. The fourth-order valence-electron chi connectivity index (χ4n) is 1.56. The molecule has 1 unspecified atom stereocenters. The molecule has 1 aromatic rings. The van der Waals surface area contributed by atoms with E-state index in [1.54, 1.807) is 13.8 Å². The van der Waals surface area contributed by atoms with E-state index in [2.05, 4.69) is 17.3 Å². The van der Waals surface area contributed by atoms with Gasteiger partial charge < -0.3 is 10.4 Å². The Morgan fingerprint density at radius 3 is 2.60 bits per heavy atom. The van der Waals surface area contributed by atoms with Gasteiger partial charge in [0.1, 0.15) is 0 Å². The first-order valence-corrected chi connectivity index (χ1v) is 5.25. The van der Waals surface area contributed by atoms with Gasteiger partial charge >= 0.3 is 0 Å². The predicted octanol–water partition coefficient (Wildman–Crippen LogP) is 1.15. The van der Waals surface area contributed by atoms with Gasteiger partial charge in [0.2, 0.25) is 0 Å². The smallest absolute Gasteiger partial charge is 0.0715 e.